The number of esters is 1. The number of methoxy groups -OCH3 is 1. The lowest BCUT2D eigenvalue weighted by Crippen LogP contribution is -2.14. The van der Waals surface area contributed by atoms with Crippen molar-refractivity contribution in [2.45, 2.75) is 5.16 Å². The number of nitrogens with one attached hydrogen (secondary N) is 1. The number of hydrogen-bond acceptors (Lipinski definition) is 7. The van der Waals surface area contributed by atoms with Crippen LogP contribution in [0.1, 0.15) is 10.4 Å². The summed E-state index contributed by atoms with van der Waals surface area (Å²) in [5.74, 6) is 0.178. The third-order valence-electron chi connectivity index (χ3n) is 4.51. The van der Waals surface area contributed by atoms with Crippen molar-refractivity contribution in [1.82, 2.24) is 19.7 Å². The zero-order valence-corrected chi connectivity index (χ0v) is 18.0. The lowest BCUT2D eigenvalue weighted by atomic mass is 10.2. The molecule has 0 aliphatic rings. The molecule has 0 aliphatic heterocycles. The molecule has 2 aromatic heterocycles. The highest BCUT2D eigenvalue weighted by molar-refractivity contribution is 7.99. The fraction of sp³-hybridized carbons (Fsp3) is 0.0870. The molecule has 0 aliphatic carbocycles. The molecule has 4 rings (SSSR count). The number of nitrogens with zero attached hydrogens (tertiary/aromatic N) is 4. The minimum absolute atomic E-state index is 0.139. The number of rotatable bonds is 7. The first-order valence-electron chi connectivity index (χ1n) is 9.68. The van der Waals surface area contributed by atoms with E-state index >= 15 is 0 Å². The maximum absolute atomic E-state index is 12.5. The number of thioether (sulfide) groups is 1. The molecule has 1 N–H and O–H groups in total. The van der Waals surface area contributed by atoms with Gasteiger partial charge in [0.2, 0.25) is 5.91 Å². The van der Waals surface area contributed by atoms with Gasteiger partial charge in [-0.15, -0.1) is 10.2 Å². The van der Waals surface area contributed by atoms with Crippen molar-refractivity contribution >= 4 is 29.3 Å². The Balaban J connectivity index is 1.50. The van der Waals surface area contributed by atoms with Gasteiger partial charge in [0.1, 0.15) is 0 Å². The molecule has 0 fully saturated rings. The molecule has 32 heavy (non-hydrogen) atoms. The Hall–Kier alpha value is -3.98. The number of amides is 1. The van der Waals surface area contributed by atoms with Crippen LogP contribution in [-0.2, 0) is 9.53 Å². The molecule has 1 amide bonds. The zero-order chi connectivity index (χ0) is 22.3. The Kier molecular flexibility index (Phi) is 6.57. The average Bonchev–Trinajstić information content (AvgIpc) is 3.28. The smallest absolute Gasteiger partial charge is 0.337 e. The number of pyridine rings is 1. The summed E-state index contributed by atoms with van der Waals surface area (Å²) in [5, 5.41) is 12.1. The predicted octanol–water partition coefficient (Wildman–Crippen LogP) is 3.85. The molecule has 2 aromatic carbocycles. The maximum Gasteiger partial charge on any atom is 0.337 e. The van der Waals surface area contributed by atoms with Gasteiger partial charge in [-0.3, -0.25) is 14.3 Å². The first-order valence-corrected chi connectivity index (χ1v) is 10.7. The van der Waals surface area contributed by atoms with Gasteiger partial charge in [-0.2, -0.15) is 0 Å². The van der Waals surface area contributed by atoms with Crippen LogP contribution in [0.3, 0.4) is 0 Å². The summed E-state index contributed by atoms with van der Waals surface area (Å²) in [6.45, 7) is 0. The third kappa shape index (κ3) is 4.84. The Morgan fingerprint density at radius 2 is 1.69 bits per heavy atom. The van der Waals surface area contributed by atoms with Gasteiger partial charge in [0.25, 0.3) is 0 Å². The van der Waals surface area contributed by atoms with E-state index in [4.69, 9.17) is 0 Å². The second-order valence-corrected chi connectivity index (χ2v) is 7.56. The number of anilines is 1. The molecule has 0 unspecified atom stereocenters. The molecule has 9 heteroatoms. The lowest BCUT2D eigenvalue weighted by Gasteiger charge is -2.10. The van der Waals surface area contributed by atoms with Gasteiger partial charge in [0.05, 0.1) is 18.4 Å². The molecule has 0 radical (unpaired) electrons. The molecule has 4 aromatic rings. The van der Waals surface area contributed by atoms with Crippen LogP contribution in [0.5, 0.6) is 0 Å². The number of ether oxygens (including phenoxy) is 1. The number of carbonyl (C=O) groups is 2. The van der Waals surface area contributed by atoms with E-state index in [-0.39, 0.29) is 11.7 Å². The molecule has 0 spiro atoms. The summed E-state index contributed by atoms with van der Waals surface area (Å²) < 4.78 is 6.59. The highest BCUT2D eigenvalue weighted by Gasteiger charge is 2.17. The molecule has 0 bridgehead atoms. The summed E-state index contributed by atoms with van der Waals surface area (Å²) in [5.41, 5.74) is 2.77. The second-order valence-electron chi connectivity index (χ2n) is 6.62. The predicted molar refractivity (Wildman–Crippen MR) is 122 cm³/mol. The standard InChI is InChI=1S/C23H19N5O3S/c1-31-22(30)17-7-9-18(10-8-17)25-20(29)15-32-23-27-26-21(16-11-13-24-14-12-16)28(23)19-5-3-2-4-6-19/h2-14H,15H2,1H3,(H,25,29). The minimum atomic E-state index is -0.427. The molecule has 0 atom stereocenters. The maximum atomic E-state index is 12.5. The Bertz CT molecular complexity index is 1210. The van der Waals surface area contributed by atoms with Crippen molar-refractivity contribution in [1.29, 1.82) is 0 Å². The summed E-state index contributed by atoms with van der Waals surface area (Å²) in [6, 6.07) is 20.0. The fourth-order valence-corrected chi connectivity index (χ4v) is 3.75. The number of para-hydroxylation sites is 1. The van der Waals surface area contributed by atoms with Crippen molar-refractivity contribution in [3.05, 3.63) is 84.7 Å². The summed E-state index contributed by atoms with van der Waals surface area (Å²) in [6.07, 6.45) is 3.40. The Morgan fingerprint density at radius 3 is 2.38 bits per heavy atom. The van der Waals surface area contributed by atoms with Crippen molar-refractivity contribution in [2.24, 2.45) is 0 Å². The highest BCUT2D eigenvalue weighted by atomic mass is 32.2. The largest absolute Gasteiger partial charge is 0.465 e. The van der Waals surface area contributed by atoms with E-state index in [0.717, 1.165) is 11.3 Å². The van der Waals surface area contributed by atoms with E-state index in [1.807, 2.05) is 47.0 Å². The van der Waals surface area contributed by atoms with Gasteiger partial charge < -0.3 is 10.1 Å². The zero-order valence-electron chi connectivity index (χ0n) is 17.1. The molecular formula is C23H19N5O3S. The van der Waals surface area contributed by atoms with Crippen LogP contribution >= 0.6 is 11.8 Å². The summed E-state index contributed by atoms with van der Waals surface area (Å²) in [4.78, 5) is 28.1. The first kappa shape index (κ1) is 21.3. The summed E-state index contributed by atoms with van der Waals surface area (Å²) >= 11 is 1.28. The van der Waals surface area contributed by atoms with Gasteiger partial charge >= 0.3 is 5.97 Å². The van der Waals surface area contributed by atoms with Crippen molar-refractivity contribution in [3.8, 4) is 17.1 Å². The fourth-order valence-electron chi connectivity index (χ4n) is 3.00. The van der Waals surface area contributed by atoms with Crippen LogP contribution in [0.25, 0.3) is 17.1 Å². The first-order chi connectivity index (χ1) is 15.7. The van der Waals surface area contributed by atoms with E-state index < -0.39 is 5.97 Å². The third-order valence-corrected chi connectivity index (χ3v) is 5.44. The van der Waals surface area contributed by atoms with Crippen molar-refractivity contribution in [2.75, 3.05) is 18.2 Å². The van der Waals surface area contributed by atoms with E-state index in [1.54, 1.807) is 36.7 Å². The van der Waals surface area contributed by atoms with E-state index in [9.17, 15) is 9.59 Å². The molecule has 0 saturated carbocycles. The SMILES string of the molecule is COC(=O)c1ccc(NC(=O)CSc2nnc(-c3ccncc3)n2-c2ccccc2)cc1. The molecule has 160 valence electrons. The van der Waals surface area contributed by atoms with Crippen LogP contribution in [-0.4, -0.2) is 44.5 Å². The Morgan fingerprint density at radius 1 is 0.969 bits per heavy atom. The molecule has 8 nitrogen and oxygen atoms in total. The number of benzene rings is 2. The Labute approximate surface area is 188 Å². The van der Waals surface area contributed by atoms with Gasteiger partial charge in [-0.1, -0.05) is 30.0 Å². The highest BCUT2D eigenvalue weighted by Crippen LogP contribution is 2.27. The van der Waals surface area contributed by atoms with Gasteiger partial charge in [-0.25, -0.2) is 4.79 Å². The molecule has 2 heterocycles. The van der Waals surface area contributed by atoms with Gasteiger partial charge in [-0.05, 0) is 48.5 Å². The van der Waals surface area contributed by atoms with Crippen LogP contribution in [0.15, 0.2) is 84.3 Å². The number of carbonyl (C=O) groups excluding carboxylic acids is 2. The molecule has 0 saturated heterocycles. The lowest BCUT2D eigenvalue weighted by molar-refractivity contribution is -0.113. The van der Waals surface area contributed by atoms with Gasteiger partial charge in [0, 0.05) is 29.3 Å². The van der Waals surface area contributed by atoms with E-state index in [1.165, 1.54) is 18.9 Å². The van der Waals surface area contributed by atoms with Crippen molar-refractivity contribution < 1.29 is 14.3 Å². The quantitative estimate of drug-likeness (QED) is 0.341. The van der Waals surface area contributed by atoms with Crippen LogP contribution in [0.2, 0.25) is 0 Å². The van der Waals surface area contributed by atoms with E-state index in [2.05, 4.69) is 25.2 Å². The number of hydrogen-bond donors (Lipinski definition) is 1. The normalized spacial score (nSPS) is 10.5. The van der Waals surface area contributed by atoms with Gasteiger partial charge in [0.15, 0.2) is 11.0 Å². The van der Waals surface area contributed by atoms with E-state index in [0.29, 0.717) is 22.2 Å². The minimum Gasteiger partial charge on any atom is -0.465 e. The molecular weight excluding hydrogens is 426 g/mol. The van der Waals surface area contributed by atoms with Crippen LogP contribution in [0.4, 0.5) is 5.69 Å². The monoisotopic (exact) mass is 445 g/mol. The van der Waals surface area contributed by atoms with Crippen molar-refractivity contribution in [3.63, 3.8) is 0 Å². The van der Waals surface area contributed by atoms with Crippen LogP contribution < -0.4 is 5.32 Å². The van der Waals surface area contributed by atoms with Crippen LogP contribution in [0, 0.1) is 0 Å². The second kappa shape index (κ2) is 9.88. The average molecular weight is 446 g/mol. The topological polar surface area (TPSA) is 99.0 Å². The summed E-state index contributed by atoms with van der Waals surface area (Å²) in [7, 11) is 1.32. The number of aromatic nitrogens is 4.